The SMILES string of the molecule is CC[C@@H](C(=O)NCC(C)C)N(Cc1cccc(OC)c1)C(=O)CN(c1cccc([N+](=O)[O-])c1)S(=O)(=O)c1ccccc1. The Kier molecular flexibility index (Phi) is 11.0. The molecule has 0 bridgehead atoms. The normalized spacial score (nSPS) is 11.9. The Balaban J connectivity index is 2.09. The van der Waals surface area contributed by atoms with Gasteiger partial charge in [0.05, 0.1) is 22.6 Å². The number of nitro groups is 1. The van der Waals surface area contributed by atoms with E-state index in [-0.39, 0.29) is 41.1 Å². The number of benzene rings is 3. The Morgan fingerprint density at radius 3 is 2.31 bits per heavy atom. The number of carbonyl (C=O) groups excluding carboxylic acids is 2. The molecule has 2 amide bonds. The third kappa shape index (κ3) is 8.06. The standard InChI is InChI=1S/C30H36N4O7S/c1-5-28(30(36)31-19-22(2)3)32(20-23-11-9-14-26(17-23)41-4)29(35)21-33(24-12-10-13-25(18-24)34(37)38)42(39,40)27-15-7-6-8-16-27/h6-18,22,28H,5,19-21H2,1-4H3,(H,31,36)/t28-/m0/s1. The van der Waals surface area contributed by atoms with Crippen molar-refractivity contribution in [2.45, 2.75) is 44.7 Å². The topological polar surface area (TPSA) is 139 Å². The summed E-state index contributed by atoms with van der Waals surface area (Å²) in [6.07, 6.45) is 0.266. The number of nitro benzene ring substituents is 1. The number of methoxy groups -OCH3 is 1. The number of non-ortho nitro benzene ring substituents is 1. The van der Waals surface area contributed by atoms with E-state index in [0.717, 1.165) is 10.4 Å². The maximum Gasteiger partial charge on any atom is 0.271 e. The molecule has 3 aromatic carbocycles. The largest absolute Gasteiger partial charge is 0.497 e. The predicted molar refractivity (Wildman–Crippen MR) is 160 cm³/mol. The lowest BCUT2D eigenvalue weighted by Crippen LogP contribution is -2.52. The van der Waals surface area contributed by atoms with Gasteiger partial charge in [-0.3, -0.25) is 24.0 Å². The molecule has 1 atom stereocenters. The fourth-order valence-corrected chi connectivity index (χ4v) is 5.75. The van der Waals surface area contributed by atoms with Crippen molar-refractivity contribution < 1.29 is 27.7 Å². The molecule has 12 heteroatoms. The molecule has 0 fully saturated rings. The van der Waals surface area contributed by atoms with Crippen LogP contribution in [-0.4, -0.2) is 56.3 Å². The van der Waals surface area contributed by atoms with Gasteiger partial charge in [-0.25, -0.2) is 8.42 Å². The number of carbonyl (C=O) groups is 2. The van der Waals surface area contributed by atoms with Gasteiger partial charge in [0.25, 0.3) is 15.7 Å². The number of amides is 2. The molecular weight excluding hydrogens is 560 g/mol. The summed E-state index contributed by atoms with van der Waals surface area (Å²) in [5, 5.41) is 14.4. The molecule has 0 aliphatic heterocycles. The Labute approximate surface area is 246 Å². The Morgan fingerprint density at radius 1 is 1.00 bits per heavy atom. The van der Waals surface area contributed by atoms with Crippen LogP contribution in [0.5, 0.6) is 5.75 Å². The van der Waals surface area contributed by atoms with E-state index in [4.69, 9.17) is 4.74 Å². The summed E-state index contributed by atoms with van der Waals surface area (Å²) in [4.78, 5) is 39.5. The average Bonchev–Trinajstić information content (AvgIpc) is 2.99. The van der Waals surface area contributed by atoms with Crippen molar-refractivity contribution in [3.05, 3.63) is 94.5 Å². The number of hydrogen-bond donors (Lipinski definition) is 1. The van der Waals surface area contributed by atoms with Gasteiger partial charge in [0.2, 0.25) is 11.8 Å². The Hall–Kier alpha value is -4.45. The molecule has 3 rings (SSSR count). The zero-order chi connectivity index (χ0) is 30.9. The monoisotopic (exact) mass is 596 g/mol. The molecule has 0 spiro atoms. The van der Waals surface area contributed by atoms with Crippen molar-refractivity contribution >= 4 is 33.2 Å². The van der Waals surface area contributed by atoms with Crippen LogP contribution in [0.4, 0.5) is 11.4 Å². The number of hydrogen-bond acceptors (Lipinski definition) is 7. The first-order valence-electron chi connectivity index (χ1n) is 13.5. The van der Waals surface area contributed by atoms with Gasteiger partial charge in [-0.1, -0.05) is 57.2 Å². The molecule has 0 saturated heterocycles. The summed E-state index contributed by atoms with van der Waals surface area (Å²) >= 11 is 0. The highest BCUT2D eigenvalue weighted by Crippen LogP contribution is 2.28. The molecule has 11 nitrogen and oxygen atoms in total. The minimum atomic E-state index is -4.34. The van der Waals surface area contributed by atoms with E-state index < -0.39 is 33.4 Å². The second kappa shape index (κ2) is 14.4. The molecule has 224 valence electrons. The van der Waals surface area contributed by atoms with Crippen LogP contribution in [0.3, 0.4) is 0 Å². The average molecular weight is 597 g/mol. The van der Waals surface area contributed by atoms with Gasteiger partial charge in [-0.05, 0) is 48.2 Å². The van der Waals surface area contributed by atoms with Gasteiger partial charge >= 0.3 is 0 Å². The van der Waals surface area contributed by atoms with E-state index in [1.807, 2.05) is 13.8 Å². The van der Waals surface area contributed by atoms with Crippen LogP contribution in [0.15, 0.2) is 83.8 Å². The maximum absolute atomic E-state index is 14.1. The second-order valence-corrected chi connectivity index (χ2v) is 11.9. The first kappa shape index (κ1) is 32.1. The minimum absolute atomic E-state index is 0.00218. The fraction of sp³-hybridized carbons (Fsp3) is 0.333. The quantitative estimate of drug-likeness (QED) is 0.215. The number of sulfonamides is 1. The molecule has 3 aromatic rings. The number of nitrogens with zero attached hydrogens (tertiary/aromatic N) is 3. The number of anilines is 1. The zero-order valence-electron chi connectivity index (χ0n) is 24.1. The van der Waals surface area contributed by atoms with Crippen LogP contribution in [0.1, 0.15) is 32.8 Å². The highest BCUT2D eigenvalue weighted by atomic mass is 32.2. The van der Waals surface area contributed by atoms with E-state index >= 15 is 0 Å². The lowest BCUT2D eigenvalue weighted by atomic mass is 10.1. The number of nitrogens with one attached hydrogen (secondary N) is 1. The second-order valence-electron chi connectivity index (χ2n) is 10.0. The summed E-state index contributed by atoms with van der Waals surface area (Å²) in [6.45, 7) is 5.37. The minimum Gasteiger partial charge on any atom is -0.497 e. The molecule has 0 heterocycles. The molecule has 0 aromatic heterocycles. The first-order valence-corrected chi connectivity index (χ1v) is 14.9. The van der Waals surface area contributed by atoms with Crippen molar-refractivity contribution in [3.8, 4) is 5.75 Å². The van der Waals surface area contributed by atoms with Crippen molar-refractivity contribution in [3.63, 3.8) is 0 Å². The van der Waals surface area contributed by atoms with Gasteiger partial charge in [0.15, 0.2) is 0 Å². The van der Waals surface area contributed by atoms with Crippen LogP contribution in [0, 0.1) is 16.0 Å². The van der Waals surface area contributed by atoms with Gasteiger partial charge in [-0.15, -0.1) is 0 Å². The first-order chi connectivity index (χ1) is 20.0. The van der Waals surface area contributed by atoms with Gasteiger partial charge in [0.1, 0.15) is 18.3 Å². The van der Waals surface area contributed by atoms with E-state index in [9.17, 15) is 28.1 Å². The predicted octanol–water partition coefficient (Wildman–Crippen LogP) is 4.38. The van der Waals surface area contributed by atoms with E-state index in [1.54, 1.807) is 49.4 Å². The molecule has 0 saturated carbocycles. The van der Waals surface area contributed by atoms with Crippen molar-refractivity contribution in [1.29, 1.82) is 0 Å². The lowest BCUT2D eigenvalue weighted by Gasteiger charge is -2.33. The third-order valence-electron chi connectivity index (χ3n) is 6.50. The lowest BCUT2D eigenvalue weighted by molar-refractivity contribution is -0.384. The van der Waals surface area contributed by atoms with Gasteiger partial charge in [0, 0.05) is 25.2 Å². The summed E-state index contributed by atoms with van der Waals surface area (Å²) in [5.41, 5.74) is 0.284. The summed E-state index contributed by atoms with van der Waals surface area (Å²) < 4.78 is 33.9. The smallest absolute Gasteiger partial charge is 0.271 e. The molecular formula is C30H36N4O7S. The van der Waals surface area contributed by atoms with E-state index in [2.05, 4.69) is 5.32 Å². The van der Waals surface area contributed by atoms with Crippen LogP contribution in [-0.2, 0) is 26.2 Å². The van der Waals surface area contributed by atoms with Gasteiger partial charge < -0.3 is 15.0 Å². The highest BCUT2D eigenvalue weighted by molar-refractivity contribution is 7.92. The van der Waals surface area contributed by atoms with Crippen LogP contribution in [0.2, 0.25) is 0 Å². The summed E-state index contributed by atoms with van der Waals surface area (Å²) in [5.74, 6) is -0.290. The van der Waals surface area contributed by atoms with Gasteiger partial charge in [-0.2, -0.15) is 0 Å². The summed E-state index contributed by atoms with van der Waals surface area (Å²) in [7, 11) is -2.82. The maximum atomic E-state index is 14.1. The molecule has 0 aliphatic carbocycles. The number of rotatable bonds is 14. The Morgan fingerprint density at radius 2 is 1.69 bits per heavy atom. The molecule has 0 unspecified atom stereocenters. The van der Waals surface area contributed by atoms with Crippen LogP contribution < -0.4 is 14.4 Å². The summed E-state index contributed by atoms with van der Waals surface area (Å²) in [6, 6.07) is 18.7. The van der Waals surface area contributed by atoms with Crippen LogP contribution in [0.25, 0.3) is 0 Å². The fourth-order valence-electron chi connectivity index (χ4n) is 4.32. The third-order valence-corrected chi connectivity index (χ3v) is 8.28. The molecule has 0 aliphatic rings. The van der Waals surface area contributed by atoms with Crippen molar-refractivity contribution in [2.75, 3.05) is 24.5 Å². The molecule has 42 heavy (non-hydrogen) atoms. The van der Waals surface area contributed by atoms with Crippen molar-refractivity contribution in [1.82, 2.24) is 10.2 Å². The zero-order valence-corrected chi connectivity index (χ0v) is 24.9. The molecule has 1 N–H and O–H groups in total. The Bertz CT molecular complexity index is 1500. The number of ether oxygens (including phenoxy) is 1. The van der Waals surface area contributed by atoms with Crippen molar-refractivity contribution in [2.24, 2.45) is 5.92 Å². The molecule has 0 radical (unpaired) electrons. The van der Waals surface area contributed by atoms with Crippen LogP contribution >= 0.6 is 0 Å². The van der Waals surface area contributed by atoms with E-state index in [1.165, 1.54) is 42.3 Å². The highest BCUT2D eigenvalue weighted by Gasteiger charge is 2.34. The van der Waals surface area contributed by atoms with E-state index in [0.29, 0.717) is 17.9 Å².